The maximum atomic E-state index is 8.80. The first-order valence-electron chi connectivity index (χ1n) is 8.16. The molecule has 3 aliphatic rings. The summed E-state index contributed by atoms with van der Waals surface area (Å²) in [6.45, 7) is 3.04. The summed E-state index contributed by atoms with van der Waals surface area (Å²) in [5.74, 6) is 3.16. The molecule has 0 saturated carbocycles. The molecule has 5 nitrogen and oxygen atoms in total. The van der Waals surface area contributed by atoms with Crippen LogP contribution in [0.5, 0.6) is 0 Å². The van der Waals surface area contributed by atoms with Crippen LogP contribution in [-0.2, 0) is 4.74 Å². The third-order valence-electron chi connectivity index (χ3n) is 5.45. The van der Waals surface area contributed by atoms with Crippen LogP contribution in [0.15, 0.2) is 5.16 Å². The number of hydrogen-bond acceptors (Lipinski definition) is 5. The molecule has 3 saturated heterocycles. The number of ether oxygens (including phenoxy) is 1. The molecule has 21 heavy (non-hydrogen) atoms. The molecular weight excluding hydrogens is 286 g/mol. The lowest BCUT2D eigenvalue weighted by atomic mass is 9.83. The van der Waals surface area contributed by atoms with Crippen LogP contribution >= 0.6 is 11.8 Å². The molecule has 0 aliphatic carbocycles. The van der Waals surface area contributed by atoms with Gasteiger partial charge in [0, 0.05) is 18.6 Å². The van der Waals surface area contributed by atoms with Gasteiger partial charge in [0.05, 0.1) is 5.60 Å². The van der Waals surface area contributed by atoms with Crippen LogP contribution < -0.4 is 5.73 Å². The molecule has 0 amide bonds. The van der Waals surface area contributed by atoms with Crippen molar-refractivity contribution in [3.63, 3.8) is 0 Å². The topological polar surface area (TPSA) is 71.1 Å². The lowest BCUT2D eigenvalue weighted by Crippen LogP contribution is -2.52. The van der Waals surface area contributed by atoms with Crippen molar-refractivity contribution in [2.24, 2.45) is 16.8 Å². The van der Waals surface area contributed by atoms with Crippen molar-refractivity contribution in [1.29, 1.82) is 0 Å². The Bertz CT molecular complexity index is 372. The van der Waals surface area contributed by atoms with Crippen LogP contribution in [-0.4, -0.2) is 58.8 Å². The molecule has 6 heteroatoms. The van der Waals surface area contributed by atoms with Crippen LogP contribution in [0.3, 0.4) is 0 Å². The van der Waals surface area contributed by atoms with Gasteiger partial charge in [-0.05, 0) is 63.1 Å². The smallest absolute Gasteiger partial charge is 0.142 e. The molecule has 3 aliphatic heterocycles. The third kappa shape index (κ3) is 3.48. The van der Waals surface area contributed by atoms with Gasteiger partial charge in [0.25, 0.3) is 0 Å². The molecule has 0 radical (unpaired) electrons. The highest BCUT2D eigenvalue weighted by Crippen LogP contribution is 2.39. The maximum Gasteiger partial charge on any atom is 0.142 e. The number of likely N-dealkylation sites (tertiary alicyclic amines) is 1. The van der Waals surface area contributed by atoms with Crippen molar-refractivity contribution >= 4 is 17.6 Å². The highest BCUT2D eigenvalue weighted by Gasteiger charge is 2.41. The molecule has 0 aromatic heterocycles. The lowest BCUT2D eigenvalue weighted by Gasteiger charge is -2.47. The van der Waals surface area contributed by atoms with Crippen molar-refractivity contribution in [1.82, 2.24) is 4.90 Å². The molecule has 0 aromatic carbocycles. The monoisotopic (exact) mass is 313 g/mol. The first-order chi connectivity index (χ1) is 10.2. The SMILES string of the molecule is NC(=NO)C1CCN(C2CCOC3(CCSCC3)C2)CC1. The molecule has 1 spiro atoms. The minimum atomic E-state index is 0.163. The predicted molar refractivity (Wildman–Crippen MR) is 86.0 cm³/mol. The number of piperidine rings is 1. The summed E-state index contributed by atoms with van der Waals surface area (Å²) in [5, 5.41) is 12.0. The Balaban J connectivity index is 1.55. The van der Waals surface area contributed by atoms with E-state index < -0.39 is 0 Å². The van der Waals surface area contributed by atoms with Crippen LogP contribution in [0, 0.1) is 5.92 Å². The molecule has 3 heterocycles. The van der Waals surface area contributed by atoms with Crippen LogP contribution in [0.4, 0.5) is 0 Å². The molecule has 1 unspecified atom stereocenters. The molecule has 3 fully saturated rings. The zero-order chi connectivity index (χ0) is 14.7. The summed E-state index contributed by atoms with van der Waals surface area (Å²) in [7, 11) is 0. The van der Waals surface area contributed by atoms with Gasteiger partial charge in [-0.2, -0.15) is 11.8 Å². The quantitative estimate of drug-likeness (QED) is 0.352. The fourth-order valence-corrected chi connectivity index (χ4v) is 5.28. The number of hydrogen-bond donors (Lipinski definition) is 2. The van der Waals surface area contributed by atoms with Crippen LogP contribution in [0.25, 0.3) is 0 Å². The average molecular weight is 313 g/mol. The number of amidine groups is 1. The van der Waals surface area contributed by atoms with E-state index in [1.165, 1.54) is 30.8 Å². The Kier molecular flexibility index (Phi) is 4.96. The molecule has 3 rings (SSSR count). The Morgan fingerprint density at radius 3 is 2.62 bits per heavy atom. The summed E-state index contributed by atoms with van der Waals surface area (Å²) >= 11 is 2.06. The summed E-state index contributed by atoms with van der Waals surface area (Å²) in [4.78, 5) is 2.62. The predicted octanol–water partition coefficient (Wildman–Crippen LogP) is 1.89. The first kappa shape index (κ1) is 15.4. The highest BCUT2D eigenvalue weighted by atomic mass is 32.2. The maximum absolute atomic E-state index is 8.80. The molecular formula is C15H27N3O2S. The van der Waals surface area contributed by atoms with Gasteiger partial charge in [-0.1, -0.05) is 5.16 Å². The minimum absolute atomic E-state index is 0.163. The zero-order valence-electron chi connectivity index (χ0n) is 12.7. The van der Waals surface area contributed by atoms with Gasteiger partial charge in [0.15, 0.2) is 0 Å². The van der Waals surface area contributed by atoms with E-state index in [1.807, 2.05) is 0 Å². The van der Waals surface area contributed by atoms with Crippen LogP contribution in [0.1, 0.15) is 38.5 Å². The summed E-state index contributed by atoms with van der Waals surface area (Å²) in [6, 6.07) is 0.662. The van der Waals surface area contributed by atoms with Crippen molar-refractivity contribution in [2.45, 2.75) is 50.2 Å². The lowest BCUT2D eigenvalue weighted by molar-refractivity contribution is -0.112. The molecule has 0 bridgehead atoms. The van der Waals surface area contributed by atoms with Gasteiger partial charge in [-0.25, -0.2) is 0 Å². The van der Waals surface area contributed by atoms with Crippen molar-refractivity contribution in [2.75, 3.05) is 31.2 Å². The zero-order valence-corrected chi connectivity index (χ0v) is 13.5. The number of nitrogens with zero attached hydrogens (tertiary/aromatic N) is 2. The van der Waals surface area contributed by atoms with Crippen LogP contribution in [0.2, 0.25) is 0 Å². The van der Waals surface area contributed by atoms with Crippen molar-refractivity contribution in [3.05, 3.63) is 0 Å². The Hall–Kier alpha value is -0.460. The number of nitrogens with two attached hydrogens (primary N) is 1. The van der Waals surface area contributed by atoms with E-state index in [9.17, 15) is 0 Å². The van der Waals surface area contributed by atoms with E-state index in [4.69, 9.17) is 15.7 Å². The van der Waals surface area contributed by atoms with Gasteiger partial charge < -0.3 is 20.6 Å². The van der Waals surface area contributed by atoms with Gasteiger partial charge in [-0.15, -0.1) is 0 Å². The summed E-state index contributed by atoms with van der Waals surface area (Å²) in [5.41, 5.74) is 5.91. The second-order valence-corrected chi connectivity index (χ2v) is 7.85. The van der Waals surface area contributed by atoms with Gasteiger partial charge in [-0.3, -0.25) is 0 Å². The molecule has 120 valence electrons. The van der Waals surface area contributed by atoms with E-state index in [1.54, 1.807) is 0 Å². The average Bonchev–Trinajstić information content (AvgIpc) is 2.55. The summed E-state index contributed by atoms with van der Waals surface area (Å²) in [6.07, 6.45) is 6.81. The minimum Gasteiger partial charge on any atom is -0.409 e. The van der Waals surface area contributed by atoms with E-state index in [0.29, 0.717) is 11.9 Å². The van der Waals surface area contributed by atoms with E-state index in [0.717, 1.165) is 39.0 Å². The highest BCUT2D eigenvalue weighted by molar-refractivity contribution is 7.99. The molecule has 3 N–H and O–H groups in total. The van der Waals surface area contributed by atoms with Crippen molar-refractivity contribution in [3.8, 4) is 0 Å². The second kappa shape index (κ2) is 6.75. The van der Waals surface area contributed by atoms with Gasteiger partial charge >= 0.3 is 0 Å². The van der Waals surface area contributed by atoms with E-state index in [-0.39, 0.29) is 11.5 Å². The molecule has 1 atom stereocenters. The van der Waals surface area contributed by atoms with Gasteiger partial charge in [0.2, 0.25) is 0 Å². The summed E-state index contributed by atoms with van der Waals surface area (Å²) < 4.78 is 6.19. The fourth-order valence-electron chi connectivity index (χ4n) is 4.05. The standard InChI is InChI=1S/C15H27N3O2S/c16-14(17-19)12-1-6-18(7-2-12)13-3-8-20-15(11-13)4-9-21-10-5-15/h12-13,19H,1-11H2,(H2,16,17). The Morgan fingerprint density at radius 2 is 1.95 bits per heavy atom. The molecule has 0 aromatic rings. The Labute approximate surface area is 131 Å². The number of thioether (sulfide) groups is 1. The largest absolute Gasteiger partial charge is 0.409 e. The van der Waals surface area contributed by atoms with E-state index in [2.05, 4.69) is 21.8 Å². The third-order valence-corrected chi connectivity index (χ3v) is 6.44. The van der Waals surface area contributed by atoms with E-state index >= 15 is 0 Å². The van der Waals surface area contributed by atoms with Gasteiger partial charge in [0.1, 0.15) is 5.84 Å². The second-order valence-electron chi connectivity index (χ2n) is 6.63. The number of rotatable bonds is 2. The first-order valence-corrected chi connectivity index (χ1v) is 9.31. The van der Waals surface area contributed by atoms with Crippen molar-refractivity contribution < 1.29 is 9.94 Å². The fraction of sp³-hybridized carbons (Fsp3) is 0.933. The Morgan fingerprint density at radius 1 is 1.24 bits per heavy atom. The number of oxime groups is 1. The normalized spacial score (nSPS) is 32.4.